The lowest BCUT2D eigenvalue weighted by Gasteiger charge is -2.20. The van der Waals surface area contributed by atoms with Crippen LogP contribution in [0.1, 0.15) is 5.56 Å². The smallest absolute Gasteiger partial charge is 0.276 e. The van der Waals surface area contributed by atoms with Crippen molar-refractivity contribution in [2.45, 2.75) is 6.54 Å². The molecule has 0 radical (unpaired) electrons. The standard InChI is InChI=1S/C12H10N2O3S.C6H5Br/c15-10(11(16)17)14(12-13-6-7-18-12)8-9-4-2-1-3-5-9;7-6-4-2-1-3-5-6/h1-7H,8H2,(H,16,17);1-5H/p-1. The van der Waals surface area contributed by atoms with Gasteiger partial charge in [0.1, 0.15) is 5.97 Å². The number of carboxylic acid groups (broad SMARTS) is 1. The van der Waals surface area contributed by atoms with Gasteiger partial charge in [0.2, 0.25) is 0 Å². The third-order valence-corrected chi connectivity index (χ3v) is 4.31. The molecule has 25 heavy (non-hydrogen) atoms. The fourth-order valence-electron chi connectivity index (χ4n) is 1.87. The molecule has 3 aromatic rings. The van der Waals surface area contributed by atoms with Gasteiger partial charge in [-0.15, -0.1) is 11.3 Å². The highest BCUT2D eigenvalue weighted by atomic mass is 79.9. The number of thiazole rings is 1. The van der Waals surface area contributed by atoms with E-state index < -0.39 is 11.9 Å². The number of aliphatic carboxylic acids is 1. The maximum atomic E-state index is 11.6. The Hall–Kier alpha value is -2.51. The molecule has 1 aromatic heterocycles. The number of benzene rings is 2. The summed E-state index contributed by atoms with van der Waals surface area (Å²) in [7, 11) is 0. The molecule has 3 rings (SSSR count). The van der Waals surface area contributed by atoms with E-state index in [-0.39, 0.29) is 6.54 Å². The minimum absolute atomic E-state index is 0.154. The molecule has 0 atom stereocenters. The van der Waals surface area contributed by atoms with Gasteiger partial charge in [-0.25, -0.2) is 4.98 Å². The summed E-state index contributed by atoms with van der Waals surface area (Å²) in [4.78, 5) is 27.3. The number of hydrogen-bond donors (Lipinski definition) is 0. The Morgan fingerprint density at radius 1 is 1.04 bits per heavy atom. The highest BCUT2D eigenvalue weighted by Gasteiger charge is 2.19. The number of rotatable bonds is 3. The van der Waals surface area contributed by atoms with Gasteiger partial charge >= 0.3 is 0 Å². The summed E-state index contributed by atoms with van der Waals surface area (Å²) in [5.74, 6) is -2.82. The molecule has 7 heteroatoms. The van der Waals surface area contributed by atoms with Crippen molar-refractivity contribution in [2.75, 3.05) is 4.90 Å². The molecular weight excluding hydrogens is 404 g/mol. The normalized spacial score (nSPS) is 9.64. The Labute approximate surface area is 157 Å². The molecule has 1 amide bonds. The van der Waals surface area contributed by atoms with Crippen molar-refractivity contribution < 1.29 is 14.7 Å². The van der Waals surface area contributed by atoms with Crippen LogP contribution in [0.5, 0.6) is 0 Å². The number of anilines is 1. The number of nitrogens with zero attached hydrogens (tertiary/aromatic N) is 2. The second kappa shape index (κ2) is 9.71. The van der Waals surface area contributed by atoms with E-state index in [0.29, 0.717) is 5.13 Å². The molecule has 0 aliphatic rings. The van der Waals surface area contributed by atoms with Crippen LogP contribution < -0.4 is 10.0 Å². The average Bonchev–Trinajstić information content (AvgIpc) is 3.15. The lowest BCUT2D eigenvalue weighted by atomic mass is 10.2. The maximum absolute atomic E-state index is 11.6. The third-order valence-electron chi connectivity index (χ3n) is 2.99. The number of carbonyl (C=O) groups is 2. The second-order valence-corrected chi connectivity index (χ2v) is 6.56. The molecule has 2 aromatic carbocycles. The van der Waals surface area contributed by atoms with Crippen molar-refractivity contribution in [1.29, 1.82) is 0 Å². The van der Waals surface area contributed by atoms with E-state index in [1.807, 2.05) is 60.7 Å². The first-order valence-corrected chi connectivity index (χ1v) is 8.92. The first-order chi connectivity index (χ1) is 12.1. The van der Waals surface area contributed by atoms with Crippen molar-refractivity contribution in [1.82, 2.24) is 4.98 Å². The van der Waals surface area contributed by atoms with Crippen LogP contribution in [-0.4, -0.2) is 16.9 Å². The Balaban J connectivity index is 0.000000269. The molecule has 0 saturated heterocycles. The summed E-state index contributed by atoms with van der Waals surface area (Å²) in [6, 6.07) is 19.1. The first kappa shape index (κ1) is 18.8. The van der Waals surface area contributed by atoms with Gasteiger partial charge in [0.25, 0.3) is 5.91 Å². The topological polar surface area (TPSA) is 73.3 Å². The molecule has 5 nitrogen and oxygen atoms in total. The quantitative estimate of drug-likeness (QED) is 0.614. The molecule has 1 heterocycles. The number of hydrogen-bond acceptors (Lipinski definition) is 5. The molecule has 0 aliphatic heterocycles. The molecule has 0 spiro atoms. The molecule has 0 unspecified atom stereocenters. The summed E-state index contributed by atoms with van der Waals surface area (Å²) in [6.45, 7) is 0.154. The van der Waals surface area contributed by atoms with Crippen LogP contribution >= 0.6 is 27.3 Å². The monoisotopic (exact) mass is 417 g/mol. The lowest BCUT2D eigenvalue weighted by Crippen LogP contribution is -2.43. The van der Waals surface area contributed by atoms with Gasteiger partial charge in [0.05, 0.1) is 6.54 Å². The van der Waals surface area contributed by atoms with Crippen molar-refractivity contribution in [3.63, 3.8) is 0 Å². The average molecular weight is 418 g/mol. The van der Waals surface area contributed by atoms with E-state index in [1.54, 1.807) is 5.38 Å². The minimum atomic E-state index is -1.74. The lowest BCUT2D eigenvalue weighted by molar-refractivity contribution is -0.299. The number of carboxylic acids is 1. The molecule has 0 bridgehead atoms. The summed E-state index contributed by atoms with van der Waals surface area (Å²) in [5, 5.41) is 12.7. The SMILES string of the molecule is Brc1ccccc1.O=C([O-])C(=O)N(Cc1ccccc1)c1nccs1. The van der Waals surface area contributed by atoms with Gasteiger partial charge in [0, 0.05) is 16.0 Å². The van der Waals surface area contributed by atoms with Crippen LogP contribution in [0.15, 0.2) is 76.7 Å². The van der Waals surface area contributed by atoms with Gasteiger partial charge in [-0.3, -0.25) is 9.69 Å². The van der Waals surface area contributed by atoms with Gasteiger partial charge in [-0.05, 0) is 17.7 Å². The van der Waals surface area contributed by atoms with Crippen LogP contribution in [0.2, 0.25) is 0 Å². The third kappa shape index (κ3) is 6.13. The van der Waals surface area contributed by atoms with Crippen LogP contribution in [-0.2, 0) is 16.1 Å². The highest BCUT2D eigenvalue weighted by Crippen LogP contribution is 2.20. The zero-order valence-corrected chi connectivity index (χ0v) is 15.4. The summed E-state index contributed by atoms with van der Waals surface area (Å²) < 4.78 is 1.13. The summed E-state index contributed by atoms with van der Waals surface area (Å²) in [6.07, 6.45) is 1.51. The maximum Gasteiger partial charge on any atom is 0.276 e. The Bertz CT molecular complexity index is 796. The number of amides is 1. The molecular formula is C18H14BrN2O3S-. The Kier molecular flexibility index (Phi) is 7.31. The van der Waals surface area contributed by atoms with Crippen molar-refractivity contribution >= 4 is 44.3 Å². The van der Waals surface area contributed by atoms with Crippen LogP contribution in [0, 0.1) is 0 Å². The molecule has 0 aliphatic carbocycles. The summed E-state index contributed by atoms with van der Waals surface area (Å²) >= 11 is 4.51. The predicted molar refractivity (Wildman–Crippen MR) is 98.9 cm³/mol. The van der Waals surface area contributed by atoms with Gasteiger partial charge in [-0.1, -0.05) is 64.5 Å². The number of carbonyl (C=O) groups excluding carboxylic acids is 2. The van der Waals surface area contributed by atoms with E-state index in [1.165, 1.54) is 17.5 Å². The van der Waals surface area contributed by atoms with Gasteiger partial charge in [0.15, 0.2) is 5.13 Å². The Morgan fingerprint density at radius 3 is 2.08 bits per heavy atom. The fraction of sp³-hybridized carbons (Fsp3) is 0.0556. The van der Waals surface area contributed by atoms with Crippen molar-refractivity contribution in [2.24, 2.45) is 0 Å². The van der Waals surface area contributed by atoms with E-state index >= 15 is 0 Å². The van der Waals surface area contributed by atoms with Crippen LogP contribution in [0.25, 0.3) is 0 Å². The van der Waals surface area contributed by atoms with E-state index in [4.69, 9.17) is 0 Å². The predicted octanol–water partition coefficient (Wildman–Crippen LogP) is 2.88. The van der Waals surface area contributed by atoms with Crippen LogP contribution in [0.3, 0.4) is 0 Å². The molecule has 128 valence electrons. The fourth-order valence-corrected chi connectivity index (χ4v) is 2.81. The Morgan fingerprint density at radius 2 is 1.64 bits per heavy atom. The van der Waals surface area contributed by atoms with Gasteiger partial charge < -0.3 is 9.90 Å². The van der Waals surface area contributed by atoms with E-state index in [2.05, 4.69) is 20.9 Å². The van der Waals surface area contributed by atoms with Crippen LogP contribution in [0.4, 0.5) is 5.13 Å². The molecule has 0 fully saturated rings. The molecule has 0 N–H and O–H groups in total. The van der Waals surface area contributed by atoms with Crippen molar-refractivity contribution in [3.05, 3.63) is 82.3 Å². The van der Waals surface area contributed by atoms with Gasteiger partial charge in [-0.2, -0.15) is 0 Å². The van der Waals surface area contributed by atoms with Crippen molar-refractivity contribution in [3.8, 4) is 0 Å². The number of aromatic nitrogens is 1. The minimum Gasteiger partial charge on any atom is -0.540 e. The van der Waals surface area contributed by atoms with E-state index in [0.717, 1.165) is 14.9 Å². The first-order valence-electron chi connectivity index (χ1n) is 7.24. The van der Waals surface area contributed by atoms with E-state index in [9.17, 15) is 14.7 Å². The zero-order chi connectivity index (χ0) is 18.1. The molecule has 0 saturated carbocycles. The highest BCUT2D eigenvalue weighted by molar-refractivity contribution is 9.10. The number of halogens is 1. The zero-order valence-electron chi connectivity index (χ0n) is 13.0. The summed E-state index contributed by atoms with van der Waals surface area (Å²) in [5.41, 5.74) is 0.822. The largest absolute Gasteiger partial charge is 0.540 e. The second-order valence-electron chi connectivity index (χ2n) is 4.77.